The molecular weight excluding hydrogens is 250 g/mol. The van der Waals surface area contributed by atoms with Crippen LogP contribution in [0.15, 0.2) is 42.6 Å². The van der Waals surface area contributed by atoms with E-state index in [1.165, 1.54) is 0 Å². The number of hydrogen-bond acceptors (Lipinski definition) is 2. The lowest BCUT2D eigenvalue weighted by Gasteiger charge is -2.14. The largest absolute Gasteiger partial charge is 0.357 e. The molecule has 0 aliphatic rings. The Morgan fingerprint density at radius 1 is 1.40 bits per heavy atom. The van der Waals surface area contributed by atoms with Gasteiger partial charge in [-0.15, -0.1) is 0 Å². The number of H-pyrrole nitrogens is 1. The van der Waals surface area contributed by atoms with Crippen molar-refractivity contribution in [3.63, 3.8) is 0 Å². The van der Waals surface area contributed by atoms with E-state index in [4.69, 9.17) is 5.73 Å². The second-order valence-electron chi connectivity index (χ2n) is 4.41. The zero-order valence-corrected chi connectivity index (χ0v) is 11.3. The molecule has 4 nitrogen and oxygen atoms in total. The average Bonchev–Trinajstić information content (AvgIpc) is 2.99. The average molecular weight is 267 g/mol. The van der Waals surface area contributed by atoms with Crippen LogP contribution in [-0.4, -0.2) is 17.4 Å². The van der Waals surface area contributed by atoms with Crippen molar-refractivity contribution in [3.8, 4) is 11.8 Å². The fourth-order valence-corrected chi connectivity index (χ4v) is 1.87. The number of carbonyl (C=O) groups excluding carboxylic acids is 1. The predicted molar refractivity (Wildman–Crippen MR) is 79.0 cm³/mol. The summed E-state index contributed by atoms with van der Waals surface area (Å²) in [6, 6.07) is 11.2. The number of benzene rings is 1. The van der Waals surface area contributed by atoms with Gasteiger partial charge in [0.1, 0.15) is 5.69 Å². The highest BCUT2D eigenvalue weighted by Gasteiger charge is 2.11. The Morgan fingerprint density at radius 3 is 2.95 bits per heavy atom. The third-order valence-electron chi connectivity index (χ3n) is 2.91. The Labute approximate surface area is 118 Å². The minimum atomic E-state index is -0.124. The number of carbonyl (C=O) groups is 1. The number of amides is 1. The highest BCUT2D eigenvalue weighted by molar-refractivity contribution is 5.92. The van der Waals surface area contributed by atoms with Crippen molar-refractivity contribution in [1.82, 2.24) is 10.3 Å². The number of aromatic amines is 1. The van der Waals surface area contributed by atoms with Gasteiger partial charge in [-0.3, -0.25) is 4.79 Å². The maximum absolute atomic E-state index is 12.0. The molecule has 0 saturated heterocycles. The molecule has 0 fully saturated rings. The number of aromatic nitrogens is 1. The summed E-state index contributed by atoms with van der Waals surface area (Å²) >= 11 is 0. The van der Waals surface area contributed by atoms with Crippen LogP contribution in [0.5, 0.6) is 0 Å². The number of nitrogens with one attached hydrogen (secondary N) is 2. The molecule has 2 aromatic rings. The highest BCUT2D eigenvalue weighted by atomic mass is 16.1. The standard InChI is InChI=1S/C16H17N3O/c1-12(19-16(20)15-8-4-10-18-15)14-7-2-5-13(11-14)6-3-9-17/h2,4-5,7-8,10-12,18H,9,17H2,1H3,(H,19,20). The molecule has 4 heteroatoms. The Morgan fingerprint density at radius 2 is 2.25 bits per heavy atom. The van der Waals surface area contributed by atoms with Gasteiger partial charge in [0.25, 0.3) is 5.91 Å². The van der Waals surface area contributed by atoms with Gasteiger partial charge in [0.15, 0.2) is 0 Å². The first-order valence-electron chi connectivity index (χ1n) is 6.44. The summed E-state index contributed by atoms with van der Waals surface area (Å²) in [7, 11) is 0. The van der Waals surface area contributed by atoms with Gasteiger partial charge in [-0.2, -0.15) is 0 Å². The highest BCUT2D eigenvalue weighted by Crippen LogP contribution is 2.14. The molecule has 1 aromatic heterocycles. The Hall–Kier alpha value is -2.51. The summed E-state index contributed by atoms with van der Waals surface area (Å²) in [5.74, 6) is 5.68. The fraction of sp³-hybridized carbons (Fsp3) is 0.188. The minimum absolute atomic E-state index is 0.0922. The van der Waals surface area contributed by atoms with Gasteiger partial charge in [0.2, 0.25) is 0 Å². The van der Waals surface area contributed by atoms with E-state index in [1.54, 1.807) is 18.3 Å². The molecule has 0 radical (unpaired) electrons. The van der Waals surface area contributed by atoms with Crippen molar-refractivity contribution in [2.24, 2.45) is 5.73 Å². The number of nitrogens with two attached hydrogens (primary N) is 1. The quantitative estimate of drug-likeness (QED) is 0.742. The van der Waals surface area contributed by atoms with Gasteiger partial charge in [-0.1, -0.05) is 24.0 Å². The van der Waals surface area contributed by atoms with E-state index in [0.717, 1.165) is 11.1 Å². The normalized spacial score (nSPS) is 11.3. The summed E-state index contributed by atoms with van der Waals surface area (Å²) in [6.45, 7) is 2.28. The topological polar surface area (TPSA) is 70.9 Å². The summed E-state index contributed by atoms with van der Waals surface area (Å²) in [5, 5.41) is 2.94. The van der Waals surface area contributed by atoms with Crippen LogP contribution in [0.4, 0.5) is 0 Å². The van der Waals surface area contributed by atoms with Crippen molar-refractivity contribution in [2.45, 2.75) is 13.0 Å². The fourth-order valence-electron chi connectivity index (χ4n) is 1.87. The van der Waals surface area contributed by atoms with Gasteiger partial charge in [-0.05, 0) is 36.8 Å². The van der Waals surface area contributed by atoms with Crippen molar-refractivity contribution in [2.75, 3.05) is 6.54 Å². The molecule has 0 bridgehead atoms. The van der Waals surface area contributed by atoms with Crippen LogP contribution >= 0.6 is 0 Å². The molecule has 4 N–H and O–H groups in total. The lowest BCUT2D eigenvalue weighted by molar-refractivity contribution is 0.0935. The van der Waals surface area contributed by atoms with Crippen molar-refractivity contribution in [3.05, 3.63) is 59.4 Å². The Kier molecular flexibility index (Phi) is 4.59. The third kappa shape index (κ3) is 3.50. The van der Waals surface area contributed by atoms with Crippen molar-refractivity contribution in [1.29, 1.82) is 0 Å². The second kappa shape index (κ2) is 6.60. The summed E-state index contributed by atoms with van der Waals surface area (Å²) in [5.41, 5.74) is 7.82. The van der Waals surface area contributed by atoms with Crippen LogP contribution in [0, 0.1) is 11.8 Å². The molecule has 0 aliphatic carbocycles. The molecule has 2 rings (SSSR count). The molecule has 1 aromatic carbocycles. The number of hydrogen-bond donors (Lipinski definition) is 3. The Bertz CT molecular complexity index is 635. The van der Waals surface area contributed by atoms with Crippen molar-refractivity contribution < 1.29 is 4.79 Å². The molecule has 0 spiro atoms. The molecule has 1 amide bonds. The first kappa shape index (κ1) is 13.9. The van der Waals surface area contributed by atoms with Crippen LogP contribution in [0.3, 0.4) is 0 Å². The van der Waals surface area contributed by atoms with Crippen LogP contribution < -0.4 is 11.1 Å². The van der Waals surface area contributed by atoms with E-state index in [0.29, 0.717) is 12.2 Å². The lowest BCUT2D eigenvalue weighted by atomic mass is 10.1. The van der Waals surface area contributed by atoms with E-state index in [2.05, 4.69) is 22.1 Å². The van der Waals surface area contributed by atoms with Gasteiger partial charge in [0.05, 0.1) is 12.6 Å². The van der Waals surface area contributed by atoms with Gasteiger partial charge in [-0.25, -0.2) is 0 Å². The number of rotatable bonds is 3. The summed E-state index contributed by atoms with van der Waals surface area (Å²) in [4.78, 5) is 14.8. The van der Waals surface area contributed by atoms with Crippen LogP contribution in [-0.2, 0) is 0 Å². The zero-order chi connectivity index (χ0) is 14.4. The second-order valence-corrected chi connectivity index (χ2v) is 4.41. The zero-order valence-electron chi connectivity index (χ0n) is 11.3. The molecule has 0 aliphatic heterocycles. The van der Waals surface area contributed by atoms with Gasteiger partial charge >= 0.3 is 0 Å². The molecule has 1 heterocycles. The summed E-state index contributed by atoms with van der Waals surface area (Å²) < 4.78 is 0. The van der Waals surface area contributed by atoms with E-state index in [-0.39, 0.29) is 11.9 Å². The molecule has 102 valence electrons. The van der Waals surface area contributed by atoms with Crippen LogP contribution in [0.1, 0.15) is 34.6 Å². The van der Waals surface area contributed by atoms with E-state index >= 15 is 0 Å². The summed E-state index contributed by atoms with van der Waals surface area (Å²) in [6.07, 6.45) is 1.72. The molecular formula is C16H17N3O. The molecule has 0 saturated carbocycles. The smallest absolute Gasteiger partial charge is 0.268 e. The van der Waals surface area contributed by atoms with E-state index in [9.17, 15) is 4.79 Å². The van der Waals surface area contributed by atoms with Gasteiger partial charge in [0, 0.05) is 11.8 Å². The third-order valence-corrected chi connectivity index (χ3v) is 2.91. The maximum Gasteiger partial charge on any atom is 0.268 e. The molecule has 20 heavy (non-hydrogen) atoms. The van der Waals surface area contributed by atoms with Crippen LogP contribution in [0.25, 0.3) is 0 Å². The van der Waals surface area contributed by atoms with Crippen LogP contribution in [0.2, 0.25) is 0 Å². The first-order chi connectivity index (χ1) is 9.70. The predicted octanol–water partition coefficient (Wildman–Crippen LogP) is 1.82. The van der Waals surface area contributed by atoms with Gasteiger partial charge < -0.3 is 16.0 Å². The lowest BCUT2D eigenvalue weighted by Crippen LogP contribution is -2.26. The minimum Gasteiger partial charge on any atom is -0.357 e. The van der Waals surface area contributed by atoms with E-state index in [1.807, 2.05) is 31.2 Å². The maximum atomic E-state index is 12.0. The Balaban J connectivity index is 2.09. The monoisotopic (exact) mass is 267 g/mol. The SMILES string of the molecule is CC(NC(=O)c1ccc[nH]1)c1cccc(C#CCN)c1. The van der Waals surface area contributed by atoms with E-state index < -0.39 is 0 Å². The van der Waals surface area contributed by atoms with Crippen molar-refractivity contribution >= 4 is 5.91 Å². The molecule has 1 atom stereocenters. The molecule has 1 unspecified atom stereocenters. The first-order valence-corrected chi connectivity index (χ1v) is 6.44.